The number of hydrogen-bond acceptors (Lipinski definition) is 7. The van der Waals surface area contributed by atoms with E-state index in [0.29, 0.717) is 45.0 Å². The average molecular weight is 1000 g/mol. The Bertz CT molecular complexity index is 2650. The number of allylic oxidation sites excluding steroid dienone is 1. The zero-order valence-electron chi connectivity index (χ0n) is 36.6. The van der Waals surface area contributed by atoms with Gasteiger partial charge in [0, 0.05) is 16.2 Å². The molecular formula is C50H46BBrF6N2O6Si. The summed E-state index contributed by atoms with van der Waals surface area (Å²) in [4.78, 5) is 34.3. The lowest BCUT2D eigenvalue weighted by Crippen LogP contribution is -2.66. The lowest BCUT2D eigenvalue weighted by atomic mass is 9.58. The number of hydrogen-bond donors (Lipinski definition) is 2. The predicted molar refractivity (Wildman–Crippen MR) is 249 cm³/mol. The molecule has 4 atom stereocenters. The minimum absolute atomic E-state index is 0.0157. The molecule has 0 radical (unpaired) electrons. The normalized spacial score (nSPS) is 20.6. The minimum atomic E-state index is -5.23. The van der Waals surface area contributed by atoms with Crippen LogP contribution in [0.2, 0.25) is 11.4 Å². The van der Waals surface area contributed by atoms with Gasteiger partial charge in [-0.3, -0.25) is 14.6 Å². The fourth-order valence-corrected chi connectivity index (χ4v) is 15.0. The Morgan fingerprint density at radius 3 is 2.03 bits per heavy atom. The second-order valence-corrected chi connectivity index (χ2v) is 23.4. The lowest BCUT2D eigenvalue weighted by molar-refractivity contribution is -0.143. The summed E-state index contributed by atoms with van der Waals surface area (Å²) >= 11 is 3.47. The number of pyridine rings is 1. The number of phenolic OH excluding ortho intramolecular Hbond substituents is 1. The van der Waals surface area contributed by atoms with Crippen molar-refractivity contribution in [2.45, 2.75) is 69.8 Å². The Morgan fingerprint density at radius 1 is 0.851 bits per heavy atom. The Kier molecular flexibility index (Phi) is 13.4. The van der Waals surface area contributed by atoms with Gasteiger partial charge in [-0.2, -0.15) is 26.3 Å². The van der Waals surface area contributed by atoms with Crippen LogP contribution in [-0.2, 0) is 31.0 Å². The highest BCUT2D eigenvalue weighted by Gasteiger charge is 2.59. The Morgan fingerprint density at radius 2 is 1.46 bits per heavy atom. The molecule has 2 saturated heterocycles. The molecule has 2 aliphatic heterocycles. The van der Waals surface area contributed by atoms with Crippen LogP contribution in [0.1, 0.15) is 62.4 Å². The zero-order valence-corrected chi connectivity index (χ0v) is 39.2. The average Bonchev–Trinajstić information content (AvgIpc) is 3.54. The molecule has 67 heavy (non-hydrogen) atoms. The summed E-state index contributed by atoms with van der Waals surface area (Å²) in [6, 6.07) is 30.7. The summed E-state index contributed by atoms with van der Waals surface area (Å²) in [7, 11) is -4.75. The molecule has 5 aromatic rings. The predicted octanol–water partition coefficient (Wildman–Crippen LogP) is 10.5. The number of nitrogens with zero attached hydrogens (tertiary/aromatic N) is 2. The van der Waals surface area contributed by atoms with Gasteiger partial charge in [-0.15, -0.1) is 0 Å². The molecule has 0 saturated carbocycles. The number of anilines is 1. The van der Waals surface area contributed by atoms with Gasteiger partial charge in [-0.1, -0.05) is 103 Å². The van der Waals surface area contributed by atoms with E-state index in [0.717, 1.165) is 14.8 Å². The Balaban J connectivity index is 1.26. The third-order valence-corrected chi connectivity index (χ3v) is 18.5. The van der Waals surface area contributed by atoms with Gasteiger partial charge in [0.15, 0.2) is 0 Å². The first-order valence-corrected chi connectivity index (χ1v) is 24.5. The Labute approximate surface area is 393 Å². The molecule has 4 aromatic carbocycles. The first kappa shape index (κ1) is 48.1. The quantitative estimate of drug-likeness (QED) is 0.0587. The van der Waals surface area contributed by atoms with E-state index in [1.807, 2.05) is 72.8 Å². The molecule has 0 bridgehead atoms. The van der Waals surface area contributed by atoms with Crippen molar-refractivity contribution in [3.8, 4) is 5.75 Å². The highest BCUT2D eigenvalue weighted by atomic mass is 79.9. The number of benzene rings is 4. The molecule has 17 heteroatoms. The van der Waals surface area contributed by atoms with E-state index in [1.165, 1.54) is 0 Å². The van der Waals surface area contributed by atoms with E-state index in [2.05, 4.69) is 41.7 Å². The van der Waals surface area contributed by atoms with E-state index in [1.54, 1.807) is 36.5 Å². The van der Waals surface area contributed by atoms with Crippen molar-refractivity contribution in [1.29, 1.82) is 0 Å². The van der Waals surface area contributed by atoms with E-state index in [9.17, 15) is 46.1 Å². The fraction of sp³-hybridized carbons (Fsp3) is 0.300. The van der Waals surface area contributed by atoms with Gasteiger partial charge in [0.1, 0.15) is 5.75 Å². The molecule has 0 unspecified atom stereocenters. The molecule has 1 aliphatic carbocycles. The van der Waals surface area contributed by atoms with E-state index in [-0.39, 0.29) is 44.0 Å². The van der Waals surface area contributed by atoms with Crippen LogP contribution in [-0.4, -0.2) is 55.1 Å². The summed E-state index contributed by atoms with van der Waals surface area (Å²) < 4.78 is 99.3. The maximum atomic E-state index is 14.7. The fourth-order valence-electron chi connectivity index (χ4n) is 10.1. The molecule has 348 valence electrons. The van der Waals surface area contributed by atoms with Crippen LogP contribution in [0.4, 0.5) is 32.0 Å². The number of aromatic nitrogens is 1. The SMILES string of the molecule is CC(C)(C)[Si](OCC1=C2[C@@H](CC/C(=C/c3cc(Br)ccc3O)c3ccccn3)OB(O)C[C@@H]2[C@@H]2C(=O)N(c3cc(C(F)(F)F)cc(C(F)(F)F)c3)C(=O)[C@@H]2C1)(c1ccccc1)c1ccccc1. The van der Waals surface area contributed by atoms with Crippen LogP contribution in [0, 0.1) is 17.8 Å². The molecule has 1 aromatic heterocycles. The second-order valence-electron chi connectivity index (χ2n) is 18.2. The van der Waals surface area contributed by atoms with Crippen LogP contribution >= 0.6 is 15.9 Å². The third kappa shape index (κ3) is 9.58. The van der Waals surface area contributed by atoms with Gasteiger partial charge >= 0.3 is 19.5 Å². The highest BCUT2D eigenvalue weighted by Crippen LogP contribution is 2.53. The summed E-state index contributed by atoms with van der Waals surface area (Å²) in [6.07, 6.45) is -7.81. The number of imide groups is 1. The van der Waals surface area contributed by atoms with Crippen LogP contribution in [0.5, 0.6) is 5.75 Å². The van der Waals surface area contributed by atoms with Crippen molar-refractivity contribution in [1.82, 2.24) is 4.98 Å². The van der Waals surface area contributed by atoms with Gasteiger partial charge in [0.05, 0.1) is 47.1 Å². The molecule has 3 heterocycles. The van der Waals surface area contributed by atoms with Crippen LogP contribution in [0.15, 0.2) is 137 Å². The zero-order chi connectivity index (χ0) is 48.1. The molecule has 2 amide bonds. The van der Waals surface area contributed by atoms with E-state index >= 15 is 0 Å². The summed E-state index contributed by atoms with van der Waals surface area (Å²) in [5.74, 6) is -5.29. The Hall–Kier alpha value is -5.33. The molecule has 3 aliphatic rings. The molecule has 8 rings (SSSR count). The van der Waals surface area contributed by atoms with Crippen molar-refractivity contribution in [2.24, 2.45) is 17.8 Å². The van der Waals surface area contributed by atoms with Crippen molar-refractivity contribution in [3.63, 3.8) is 0 Å². The van der Waals surface area contributed by atoms with Crippen molar-refractivity contribution >= 4 is 70.9 Å². The van der Waals surface area contributed by atoms with Crippen LogP contribution in [0.3, 0.4) is 0 Å². The second kappa shape index (κ2) is 18.6. The van der Waals surface area contributed by atoms with E-state index in [4.69, 9.17) is 9.08 Å². The van der Waals surface area contributed by atoms with Crippen molar-refractivity contribution in [2.75, 3.05) is 11.5 Å². The summed E-state index contributed by atoms with van der Waals surface area (Å²) in [5, 5.41) is 23.7. The summed E-state index contributed by atoms with van der Waals surface area (Å²) in [6.45, 7) is 6.21. The monoisotopic (exact) mass is 1000 g/mol. The number of halogens is 7. The number of phenols is 1. The molecular weight excluding hydrogens is 957 g/mol. The number of aromatic hydroxyl groups is 1. The molecule has 8 nitrogen and oxygen atoms in total. The van der Waals surface area contributed by atoms with E-state index < -0.39 is 85.3 Å². The summed E-state index contributed by atoms with van der Waals surface area (Å²) in [5.41, 5.74) is -1.23. The number of alkyl halides is 6. The minimum Gasteiger partial charge on any atom is -0.507 e. The third-order valence-electron chi connectivity index (χ3n) is 13.0. The van der Waals surface area contributed by atoms with Crippen molar-refractivity contribution < 1.29 is 55.1 Å². The molecule has 0 spiro atoms. The number of carbonyl (C=O) groups is 2. The van der Waals surface area contributed by atoms with Crippen LogP contribution in [0.25, 0.3) is 11.6 Å². The smallest absolute Gasteiger partial charge is 0.455 e. The first-order chi connectivity index (χ1) is 31.7. The first-order valence-electron chi connectivity index (χ1n) is 21.8. The van der Waals surface area contributed by atoms with Gasteiger partial charge in [-0.25, -0.2) is 4.90 Å². The number of fused-ring (bicyclic) bond motifs is 3. The molecule has 2 N–H and O–H groups in total. The topological polar surface area (TPSA) is 109 Å². The standard InChI is InChI=1S/C50H46BBrF6N2O6Si/c1-48(2,3)67(37-12-6-4-7-13-37,38-14-8-5-9-15-38)65-29-32-24-39-45(47(63)60(46(39)62)36-26-33(49(53,54)55)25-34(27-36)50(56,57)58)40-28-51(64)66-43(44(32)40)20-17-30(41-16-10-11-21-59-41)22-31-23-35(52)18-19-42(31)61/h4-16,18-19,21-23,25-27,39-40,43,45,61,64H,17,20,24,28-29H2,1-3H3/b30-22-/t39-,40+,43-,45-/m1/s1. The van der Waals surface area contributed by atoms with Gasteiger partial charge in [-0.05, 0) is 118 Å². The van der Waals surface area contributed by atoms with Gasteiger partial charge in [0.25, 0.3) is 8.32 Å². The van der Waals surface area contributed by atoms with Crippen molar-refractivity contribution in [3.05, 3.63) is 159 Å². The number of amides is 2. The number of carbonyl (C=O) groups excluding carboxylic acids is 2. The van der Waals surface area contributed by atoms with Crippen LogP contribution < -0.4 is 15.3 Å². The maximum absolute atomic E-state index is 14.7. The number of rotatable bonds is 11. The largest absolute Gasteiger partial charge is 0.507 e. The van der Waals surface area contributed by atoms with Gasteiger partial charge in [0.2, 0.25) is 11.8 Å². The molecule has 2 fully saturated rings. The highest BCUT2D eigenvalue weighted by molar-refractivity contribution is 9.10. The lowest BCUT2D eigenvalue weighted by Gasteiger charge is -2.46. The maximum Gasteiger partial charge on any atom is 0.455 e. The van der Waals surface area contributed by atoms with Gasteiger partial charge < -0.3 is 19.2 Å².